The molecule has 0 unspecified atom stereocenters. The lowest BCUT2D eigenvalue weighted by Crippen LogP contribution is -2.37. The monoisotopic (exact) mass is 258 g/mol. The number of rotatable bonds is 2. The second kappa shape index (κ2) is 5.13. The highest BCUT2D eigenvalue weighted by atomic mass is 28.3. The van der Waals surface area contributed by atoms with Crippen LogP contribution in [0.2, 0.25) is 19.6 Å². The predicted octanol–water partition coefficient (Wildman–Crippen LogP) is 2.91. The van der Waals surface area contributed by atoms with Gasteiger partial charge in [0.25, 0.3) is 0 Å². The molecule has 0 saturated heterocycles. The van der Waals surface area contributed by atoms with Crippen molar-refractivity contribution in [2.45, 2.75) is 39.1 Å². The molecule has 0 aliphatic carbocycles. The zero-order valence-corrected chi connectivity index (χ0v) is 13.0. The Balaban J connectivity index is 2.89. The SMILES string of the molecule is C=C(C#Cc1ccc([Si](C)(C)C)cc1)C(C)(C)O. The van der Waals surface area contributed by atoms with E-state index in [1.54, 1.807) is 13.8 Å². The van der Waals surface area contributed by atoms with E-state index < -0.39 is 13.7 Å². The van der Waals surface area contributed by atoms with Crippen molar-refractivity contribution in [1.29, 1.82) is 0 Å². The lowest BCUT2D eigenvalue weighted by atomic mass is 10.0. The molecule has 1 N–H and O–H groups in total. The van der Waals surface area contributed by atoms with Gasteiger partial charge in [-0.1, -0.05) is 55.4 Å². The molecule has 0 saturated carbocycles. The molecular formula is C16H22OSi. The minimum Gasteiger partial charge on any atom is -0.385 e. The summed E-state index contributed by atoms with van der Waals surface area (Å²) in [6.45, 7) is 14.1. The molecule has 1 rings (SSSR count). The first-order chi connectivity index (χ1) is 8.10. The number of hydrogen-bond acceptors (Lipinski definition) is 1. The molecule has 0 aliphatic rings. The van der Waals surface area contributed by atoms with Crippen LogP contribution < -0.4 is 5.19 Å². The topological polar surface area (TPSA) is 20.2 Å². The number of hydrogen-bond donors (Lipinski definition) is 1. The molecule has 0 heterocycles. The van der Waals surface area contributed by atoms with Crippen LogP contribution in [0.4, 0.5) is 0 Å². The molecule has 1 aromatic rings. The van der Waals surface area contributed by atoms with Crippen LogP contribution in [0.25, 0.3) is 0 Å². The zero-order chi connectivity index (χ0) is 14.0. The maximum absolute atomic E-state index is 9.72. The van der Waals surface area contributed by atoms with Crippen LogP contribution in [0.5, 0.6) is 0 Å². The molecule has 0 spiro atoms. The predicted molar refractivity (Wildman–Crippen MR) is 81.7 cm³/mol. The normalized spacial score (nSPS) is 11.7. The quantitative estimate of drug-likeness (QED) is 0.639. The second-order valence-corrected chi connectivity index (χ2v) is 11.2. The molecule has 18 heavy (non-hydrogen) atoms. The highest BCUT2D eigenvalue weighted by Crippen LogP contribution is 2.12. The van der Waals surface area contributed by atoms with E-state index in [1.807, 2.05) is 12.1 Å². The first-order valence-electron chi connectivity index (χ1n) is 6.15. The maximum atomic E-state index is 9.72. The molecule has 1 nitrogen and oxygen atoms in total. The van der Waals surface area contributed by atoms with Crippen molar-refractivity contribution in [2.24, 2.45) is 0 Å². The van der Waals surface area contributed by atoms with Gasteiger partial charge < -0.3 is 5.11 Å². The summed E-state index contributed by atoms with van der Waals surface area (Å²) in [5.74, 6) is 5.95. The van der Waals surface area contributed by atoms with E-state index >= 15 is 0 Å². The third-order valence-corrected chi connectivity index (χ3v) is 4.91. The third kappa shape index (κ3) is 4.18. The lowest BCUT2D eigenvalue weighted by molar-refractivity contribution is 0.125. The Bertz CT molecular complexity index is 487. The molecule has 0 bridgehead atoms. The molecule has 0 fully saturated rings. The fourth-order valence-electron chi connectivity index (χ4n) is 1.35. The van der Waals surface area contributed by atoms with Gasteiger partial charge >= 0.3 is 0 Å². The molecule has 0 aromatic heterocycles. The van der Waals surface area contributed by atoms with Crippen LogP contribution in [0.1, 0.15) is 19.4 Å². The summed E-state index contributed by atoms with van der Waals surface area (Å²) in [4.78, 5) is 0. The summed E-state index contributed by atoms with van der Waals surface area (Å²) < 4.78 is 0. The van der Waals surface area contributed by atoms with Gasteiger partial charge in [0.15, 0.2) is 0 Å². The van der Waals surface area contributed by atoms with Gasteiger partial charge in [-0.2, -0.15) is 0 Å². The summed E-state index contributed by atoms with van der Waals surface area (Å²) in [5.41, 5.74) is 0.560. The zero-order valence-electron chi connectivity index (χ0n) is 12.0. The third-order valence-electron chi connectivity index (χ3n) is 2.85. The van der Waals surface area contributed by atoms with Gasteiger partial charge in [-0.15, -0.1) is 0 Å². The van der Waals surface area contributed by atoms with Crippen molar-refractivity contribution in [3.8, 4) is 11.8 Å². The Morgan fingerprint density at radius 2 is 1.67 bits per heavy atom. The van der Waals surface area contributed by atoms with Crippen LogP contribution in [0.3, 0.4) is 0 Å². The highest BCUT2D eigenvalue weighted by molar-refractivity contribution is 6.88. The average Bonchev–Trinajstić information content (AvgIpc) is 2.24. The van der Waals surface area contributed by atoms with E-state index in [9.17, 15) is 5.11 Å². The van der Waals surface area contributed by atoms with E-state index in [-0.39, 0.29) is 0 Å². The Labute approximate surface area is 112 Å². The Hall–Kier alpha value is -1.30. The number of aliphatic hydroxyl groups is 1. The van der Waals surface area contributed by atoms with Crippen LogP contribution in [-0.2, 0) is 0 Å². The first kappa shape index (κ1) is 14.8. The van der Waals surface area contributed by atoms with Gasteiger partial charge in [-0.05, 0) is 26.0 Å². The van der Waals surface area contributed by atoms with E-state index in [0.29, 0.717) is 5.57 Å². The molecule has 0 aliphatic heterocycles. The fourth-order valence-corrected chi connectivity index (χ4v) is 2.52. The Morgan fingerprint density at radius 3 is 2.06 bits per heavy atom. The van der Waals surface area contributed by atoms with E-state index in [2.05, 4.69) is 50.2 Å². The molecular weight excluding hydrogens is 236 g/mol. The minimum atomic E-state index is -1.24. The molecule has 0 radical (unpaired) electrons. The smallest absolute Gasteiger partial charge is 0.0912 e. The minimum absolute atomic E-state index is 0.539. The van der Waals surface area contributed by atoms with Crippen molar-refractivity contribution in [3.05, 3.63) is 42.0 Å². The first-order valence-corrected chi connectivity index (χ1v) is 9.65. The second-order valence-electron chi connectivity index (χ2n) is 6.11. The van der Waals surface area contributed by atoms with E-state index in [1.165, 1.54) is 5.19 Å². The molecule has 1 aromatic carbocycles. The lowest BCUT2D eigenvalue weighted by Gasteiger charge is -2.16. The van der Waals surface area contributed by atoms with Gasteiger partial charge in [0.2, 0.25) is 0 Å². The van der Waals surface area contributed by atoms with Gasteiger partial charge in [-0.25, -0.2) is 0 Å². The molecule has 0 amide bonds. The number of benzene rings is 1. The maximum Gasteiger partial charge on any atom is 0.0912 e. The van der Waals surface area contributed by atoms with E-state index in [0.717, 1.165) is 5.56 Å². The fraction of sp³-hybridized carbons (Fsp3) is 0.375. The van der Waals surface area contributed by atoms with Crippen molar-refractivity contribution in [3.63, 3.8) is 0 Å². The van der Waals surface area contributed by atoms with Crippen molar-refractivity contribution >= 4 is 13.3 Å². The molecule has 2 heteroatoms. The van der Waals surface area contributed by atoms with Gasteiger partial charge in [0.05, 0.1) is 13.7 Å². The highest BCUT2D eigenvalue weighted by Gasteiger charge is 2.16. The molecule has 96 valence electrons. The van der Waals surface area contributed by atoms with Crippen molar-refractivity contribution in [2.75, 3.05) is 0 Å². The Morgan fingerprint density at radius 1 is 1.17 bits per heavy atom. The van der Waals surface area contributed by atoms with Crippen LogP contribution in [-0.4, -0.2) is 18.8 Å². The van der Waals surface area contributed by atoms with E-state index in [4.69, 9.17) is 0 Å². The van der Waals surface area contributed by atoms with Crippen molar-refractivity contribution < 1.29 is 5.11 Å². The van der Waals surface area contributed by atoms with Gasteiger partial charge in [0.1, 0.15) is 0 Å². The summed E-state index contributed by atoms with van der Waals surface area (Å²) in [7, 11) is -1.24. The van der Waals surface area contributed by atoms with Crippen LogP contribution in [0, 0.1) is 11.8 Å². The Kier molecular flexibility index (Phi) is 4.21. The van der Waals surface area contributed by atoms with Gasteiger partial charge in [-0.3, -0.25) is 0 Å². The summed E-state index contributed by atoms with van der Waals surface area (Å²) in [5, 5.41) is 11.1. The van der Waals surface area contributed by atoms with Crippen LogP contribution >= 0.6 is 0 Å². The van der Waals surface area contributed by atoms with Gasteiger partial charge in [0, 0.05) is 11.1 Å². The van der Waals surface area contributed by atoms with Crippen molar-refractivity contribution in [1.82, 2.24) is 0 Å². The summed E-state index contributed by atoms with van der Waals surface area (Å²) in [6, 6.07) is 8.39. The summed E-state index contributed by atoms with van der Waals surface area (Å²) >= 11 is 0. The van der Waals surface area contributed by atoms with Crippen LogP contribution in [0.15, 0.2) is 36.4 Å². The standard InChI is InChI=1S/C16H22OSi/c1-13(16(2,3)17)7-8-14-9-11-15(12-10-14)18(4,5)6/h9-12,17H,1H2,2-6H3. The largest absolute Gasteiger partial charge is 0.385 e. The molecule has 0 atom stereocenters. The average molecular weight is 258 g/mol. The summed E-state index contributed by atoms with van der Waals surface area (Å²) in [6.07, 6.45) is 0.